The summed E-state index contributed by atoms with van der Waals surface area (Å²) in [7, 11) is 0. The minimum absolute atomic E-state index is 0.337. The molecule has 0 aromatic rings. The van der Waals surface area contributed by atoms with Crippen LogP contribution in [-0.2, 0) is 47.9 Å². The van der Waals surface area contributed by atoms with Gasteiger partial charge in [0, 0.05) is 0 Å². The number of amides is 9. The number of aliphatic hydroxyl groups is 2. The highest BCUT2D eigenvalue weighted by molar-refractivity contribution is 5.94. The number of carbonyl (C=O) groups is 10. The Morgan fingerprint density at radius 2 is 0.733 bits per heavy atom. The lowest BCUT2D eigenvalue weighted by Gasteiger charge is -2.16. The molecule has 14 N–H and O–H groups in total. The maximum atomic E-state index is 12.1. The fourth-order valence-corrected chi connectivity index (χ4v) is 2.62. The van der Waals surface area contributed by atoms with Gasteiger partial charge in [0.15, 0.2) is 0 Å². The lowest BCUT2D eigenvalue weighted by Crippen LogP contribution is -2.53. The van der Waals surface area contributed by atoms with Gasteiger partial charge in [0.25, 0.3) is 0 Å². The Balaban J connectivity index is 4.23. The van der Waals surface area contributed by atoms with Gasteiger partial charge in [0.1, 0.15) is 12.1 Å². The van der Waals surface area contributed by atoms with Gasteiger partial charge in [-0.2, -0.15) is 0 Å². The van der Waals surface area contributed by atoms with Crippen LogP contribution in [0.3, 0.4) is 0 Å². The number of hydrogen-bond acceptors (Lipinski definition) is 13. The minimum atomic E-state index is -1.56. The minimum Gasteiger partial charge on any atom is -0.480 e. The van der Waals surface area contributed by atoms with E-state index >= 15 is 0 Å². The van der Waals surface area contributed by atoms with Crippen molar-refractivity contribution in [1.29, 1.82) is 0 Å². The van der Waals surface area contributed by atoms with Crippen molar-refractivity contribution in [2.45, 2.75) is 12.1 Å². The number of aliphatic carboxylic acids is 1. The number of nitrogens with two attached hydrogens (primary N) is 1. The molecule has 0 rings (SSSR count). The van der Waals surface area contributed by atoms with Crippen molar-refractivity contribution >= 4 is 59.1 Å². The molecule has 9 amide bonds. The summed E-state index contributed by atoms with van der Waals surface area (Å²) >= 11 is 0. The van der Waals surface area contributed by atoms with E-state index in [1.165, 1.54) is 0 Å². The number of carboxylic acid groups (broad SMARTS) is 1. The molecule has 0 aromatic carbocycles. The van der Waals surface area contributed by atoms with Crippen molar-refractivity contribution in [2.24, 2.45) is 5.73 Å². The standard InChI is InChI=1S/C22H36N10O13/c23-1-13(35)24-2-14(36)28-7-19(41)31-11(9-33)21(43)30-6-18(40)27-4-16(38)25-3-15(37)26-5-17(39)29-8-20(42)32-12(10-34)22(44)45/h11-12,33-34H,1-10,23H2,(H,24,35)(H,25,38)(H,26,37)(H,27,40)(H,28,36)(H,29,39)(H,30,43)(H,31,41)(H,32,42)(H,44,45)/t11-,12-/m0/s1. The lowest BCUT2D eigenvalue weighted by atomic mass is 10.3. The van der Waals surface area contributed by atoms with Crippen molar-refractivity contribution in [3.8, 4) is 0 Å². The molecule has 0 bridgehead atoms. The first-order valence-electron chi connectivity index (χ1n) is 12.8. The van der Waals surface area contributed by atoms with Crippen LogP contribution in [0.2, 0.25) is 0 Å². The third-order valence-corrected chi connectivity index (χ3v) is 4.94. The van der Waals surface area contributed by atoms with E-state index in [1.807, 2.05) is 5.32 Å². The molecule has 0 unspecified atom stereocenters. The largest absolute Gasteiger partial charge is 0.480 e. The van der Waals surface area contributed by atoms with Crippen molar-refractivity contribution in [2.75, 3.05) is 65.6 Å². The number of aliphatic hydroxyl groups excluding tert-OH is 2. The van der Waals surface area contributed by atoms with Crippen LogP contribution >= 0.6 is 0 Å². The molecular formula is C22H36N10O13. The molecule has 23 heteroatoms. The van der Waals surface area contributed by atoms with Crippen LogP contribution in [0.5, 0.6) is 0 Å². The van der Waals surface area contributed by atoms with Gasteiger partial charge in [0.2, 0.25) is 53.2 Å². The van der Waals surface area contributed by atoms with Crippen LogP contribution < -0.4 is 53.6 Å². The number of carboxylic acids is 1. The van der Waals surface area contributed by atoms with Crippen LogP contribution in [0.4, 0.5) is 0 Å². The van der Waals surface area contributed by atoms with Crippen molar-refractivity contribution in [1.82, 2.24) is 47.9 Å². The molecule has 0 aliphatic rings. The van der Waals surface area contributed by atoms with Crippen LogP contribution in [0, 0.1) is 0 Å². The molecule has 2 atom stereocenters. The Bertz CT molecular complexity index is 1120. The van der Waals surface area contributed by atoms with Gasteiger partial charge in [-0.25, -0.2) is 4.79 Å². The Morgan fingerprint density at radius 1 is 0.444 bits per heavy atom. The Hall–Kier alpha value is -5.42. The van der Waals surface area contributed by atoms with Crippen molar-refractivity contribution in [3.63, 3.8) is 0 Å². The smallest absolute Gasteiger partial charge is 0.328 e. The molecular weight excluding hydrogens is 612 g/mol. The van der Waals surface area contributed by atoms with Gasteiger partial charge in [-0.3, -0.25) is 43.2 Å². The summed E-state index contributed by atoms with van der Waals surface area (Å²) in [6.07, 6.45) is 0. The molecule has 0 saturated carbocycles. The highest BCUT2D eigenvalue weighted by Gasteiger charge is 2.21. The number of rotatable bonds is 21. The zero-order valence-corrected chi connectivity index (χ0v) is 23.7. The van der Waals surface area contributed by atoms with Gasteiger partial charge >= 0.3 is 5.97 Å². The lowest BCUT2D eigenvalue weighted by molar-refractivity contribution is -0.142. The Kier molecular flexibility index (Phi) is 19.5. The third kappa shape index (κ3) is 19.4. The first kappa shape index (κ1) is 39.6. The van der Waals surface area contributed by atoms with E-state index in [-0.39, 0.29) is 6.54 Å². The van der Waals surface area contributed by atoms with Crippen molar-refractivity contribution in [3.05, 3.63) is 0 Å². The zero-order chi connectivity index (χ0) is 34.4. The predicted octanol–water partition coefficient (Wildman–Crippen LogP) is -10.2. The highest BCUT2D eigenvalue weighted by Crippen LogP contribution is 1.84. The second-order valence-electron chi connectivity index (χ2n) is 8.53. The van der Waals surface area contributed by atoms with Gasteiger partial charge in [-0.05, 0) is 0 Å². The quantitative estimate of drug-likeness (QED) is 0.0550. The van der Waals surface area contributed by atoms with Gasteiger partial charge in [-0.15, -0.1) is 0 Å². The summed E-state index contributed by atoms with van der Waals surface area (Å²) in [5.41, 5.74) is 5.06. The van der Waals surface area contributed by atoms with Gasteiger partial charge in [-0.1, -0.05) is 0 Å². The average molecular weight is 649 g/mol. The van der Waals surface area contributed by atoms with Crippen molar-refractivity contribution < 1.29 is 63.3 Å². The van der Waals surface area contributed by atoms with Gasteiger partial charge in [0.05, 0.1) is 65.6 Å². The first-order chi connectivity index (χ1) is 21.2. The van der Waals surface area contributed by atoms with Crippen LogP contribution in [0.15, 0.2) is 0 Å². The molecule has 0 heterocycles. The summed E-state index contributed by atoms with van der Waals surface area (Å²) in [4.78, 5) is 116. The van der Waals surface area contributed by atoms with E-state index in [1.54, 1.807) is 0 Å². The third-order valence-electron chi connectivity index (χ3n) is 4.94. The van der Waals surface area contributed by atoms with E-state index in [9.17, 15) is 53.1 Å². The molecule has 0 aliphatic heterocycles. The summed E-state index contributed by atoms with van der Waals surface area (Å²) in [6.45, 7) is -6.22. The average Bonchev–Trinajstić information content (AvgIpc) is 3.01. The summed E-state index contributed by atoms with van der Waals surface area (Å²) in [5.74, 6) is -8.87. The van der Waals surface area contributed by atoms with Crippen LogP contribution in [0.1, 0.15) is 0 Å². The maximum Gasteiger partial charge on any atom is 0.328 e. The first-order valence-corrected chi connectivity index (χ1v) is 12.8. The van der Waals surface area contributed by atoms with E-state index in [0.29, 0.717) is 0 Å². The molecule has 252 valence electrons. The van der Waals surface area contributed by atoms with Gasteiger partial charge < -0.3 is 68.9 Å². The second kappa shape index (κ2) is 22.2. The number of nitrogens with one attached hydrogen (secondary N) is 9. The van der Waals surface area contributed by atoms with E-state index in [4.69, 9.17) is 15.9 Å². The number of hydrogen-bond donors (Lipinski definition) is 13. The zero-order valence-electron chi connectivity index (χ0n) is 23.7. The molecule has 45 heavy (non-hydrogen) atoms. The summed E-state index contributed by atoms with van der Waals surface area (Å²) < 4.78 is 0. The molecule has 0 radical (unpaired) electrons. The van der Waals surface area contributed by atoms with E-state index < -0.39 is 130 Å². The molecule has 23 nitrogen and oxygen atoms in total. The topological polar surface area (TPSA) is 366 Å². The Labute approximate surface area is 254 Å². The normalized spacial score (nSPS) is 11.4. The summed E-state index contributed by atoms with van der Waals surface area (Å²) in [6, 6.07) is -3.05. The predicted molar refractivity (Wildman–Crippen MR) is 146 cm³/mol. The number of carbonyl (C=O) groups excluding carboxylic acids is 9. The molecule has 0 aliphatic carbocycles. The fourth-order valence-electron chi connectivity index (χ4n) is 2.62. The summed E-state index contributed by atoms with van der Waals surface area (Å²) in [5, 5.41) is 45.9. The molecule has 0 spiro atoms. The fraction of sp³-hybridized carbons (Fsp3) is 0.545. The maximum absolute atomic E-state index is 12.1. The van der Waals surface area contributed by atoms with Crippen LogP contribution in [-0.4, -0.2) is 152 Å². The molecule has 0 saturated heterocycles. The molecule has 0 fully saturated rings. The molecule has 0 aromatic heterocycles. The monoisotopic (exact) mass is 648 g/mol. The van der Waals surface area contributed by atoms with E-state index in [2.05, 4.69) is 42.5 Å². The second-order valence-corrected chi connectivity index (χ2v) is 8.53. The highest BCUT2D eigenvalue weighted by atomic mass is 16.4. The van der Waals surface area contributed by atoms with E-state index in [0.717, 1.165) is 0 Å². The Morgan fingerprint density at radius 3 is 1.04 bits per heavy atom. The van der Waals surface area contributed by atoms with Crippen LogP contribution in [0.25, 0.3) is 0 Å². The SMILES string of the molecule is NCC(=O)NCC(=O)NCC(=O)N[C@@H](CO)C(=O)NCC(=O)NCC(=O)NCC(=O)NCC(=O)NCC(=O)N[C@@H](CO)C(=O)O.